The molecule has 1 aliphatic rings. The summed E-state index contributed by atoms with van der Waals surface area (Å²) >= 11 is 3.19. The molecule has 86 valence electrons. The van der Waals surface area contributed by atoms with Crippen molar-refractivity contribution in [2.75, 3.05) is 6.54 Å². The summed E-state index contributed by atoms with van der Waals surface area (Å²) < 4.78 is 13.5. The molecule has 1 saturated heterocycles. The van der Waals surface area contributed by atoms with E-state index in [1.807, 2.05) is 6.08 Å². The fraction of sp³-hybridized carbons (Fsp3) is 0.385. The first-order valence-corrected chi connectivity index (χ1v) is 6.41. The van der Waals surface area contributed by atoms with Crippen LogP contribution in [0.4, 0.5) is 4.39 Å². The van der Waals surface area contributed by atoms with Gasteiger partial charge >= 0.3 is 0 Å². The van der Waals surface area contributed by atoms with Gasteiger partial charge in [0, 0.05) is 6.04 Å². The second kappa shape index (κ2) is 5.60. The van der Waals surface area contributed by atoms with Crippen molar-refractivity contribution in [3.63, 3.8) is 0 Å². The van der Waals surface area contributed by atoms with Gasteiger partial charge in [-0.05, 0) is 53.0 Å². The first-order valence-electron chi connectivity index (χ1n) is 5.62. The largest absolute Gasteiger partial charge is 0.311 e. The van der Waals surface area contributed by atoms with E-state index in [-0.39, 0.29) is 5.82 Å². The third-order valence-corrected chi connectivity index (χ3v) is 3.42. The quantitative estimate of drug-likeness (QED) is 0.872. The number of nitrogens with one attached hydrogen (secondary N) is 1. The van der Waals surface area contributed by atoms with Crippen molar-refractivity contribution in [3.05, 3.63) is 40.1 Å². The van der Waals surface area contributed by atoms with E-state index in [4.69, 9.17) is 0 Å². The summed E-state index contributed by atoms with van der Waals surface area (Å²) in [6.07, 6.45) is 7.96. The Balaban J connectivity index is 2.02. The van der Waals surface area contributed by atoms with Gasteiger partial charge in [0.25, 0.3) is 0 Å². The van der Waals surface area contributed by atoms with Crippen LogP contribution in [0.25, 0.3) is 6.08 Å². The third kappa shape index (κ3) is 3.16. The zero-order valence-electron chi connectivity index (χ0n) is 9.05. The molecule has 16 heavy (non-hydrogen) atoms. The van der Waals surface area contributed by atoms with Crippen LogP contribution in [0.2, 0.25) is 0 Å². The van der Waals surface area contributed by atoms with Gasteiger partial charge in [-0.3, -0.25) is 0 Å². The highest BCUT2D eigenvalue weighted by molar-refractivity contribution is 9.10. The zero-order valence-corrected chi connectivity index (χ0v) is 10.6. The van der Waals surface area contributed by atoms with E-state index in [0.29, 0.717) is 10.5 Å². The summed E-state index contributed by atoms with van der Waals surface area (Å²) in [6.45, 7) is 1.10. The SMILES string of the molecule is Fc1ccc(/C=C/C2CCCCN2)cc1Br. The molecule has 1 nitrogen and oxygen atoms in total. The lowest BCUT2D eigenvalue weighted by Gasteiger charge is -2.20. The maximum atomic E-state index is 13.0. The predicted molar refractivity (Wildman–Crippen MR) is 68.8 cm³/mol. The van der Waals surface area contributed by atoms with Gasteiger partial charge in [0.2, 0.25) is 0 Å². The number of hydrogen-bond donors (Lipinski definition) is 1. The van der Waals surface area contributed by atoms with Gasteiger partial charge in [-0.1, -0.05) is 24.6 Å². The number of halogens is 2. The van der Waals surface area contributed by atoms with E-state index in [1.165, 1.54) is 25.3 Å². The fourth-order valence-electron chi connectivity index (χ4n) is 1.89. The third-order valence-electron chi connectivity index (χ3n) is 2.81. The van der Waals surface area contributed by atoms with E-state index in [9.17, 15) is 4.39 Å². The molecular weight excluding hydrogens is 269 g/mol. The Bertz CT molecular complexity index is 384. The van der Waals surface area contributed by atoms with Crippen LogP contribution in [0.15, 0.2) is 28.7 Å². The second-order valence-electron chi connectivity index (χ2n) is 4.09. The maximum absolute atomic E-state index is 13.0. The van der Waals surface area contributed by atoms with E-state index in [0.717, 1.165) is 12.1 Å². The number of piperidine rings is 1. The lowest BCUT2D eigenvalue weighted by atomic mass is 10.0. The monoisotopic (exact) mass is 283 g/mol. The van der Waals surface area contributed by atoms with Crippen LogP contribution in [0, 0.1) is 5.82 Å². The molecule has 0 aromatic heterocycles. The van der Waals surface area contributed by atoms with Gasteiger partial charge in [-0.15, -0.1) is 0 Å². The normalized spacial score (nSPS) is 21.5. The van der Waals surface area contributed by atoms with Crippen LogP contribution in [0.1, 0.15) is 24.8 Å². The lowest BCUT2D eigenvalue weighted by Crippen LogP contribution is -2.31. The van der Waals surface area contributed by atoms with E-state index >= 15 is 0 Å². The van der Waals surface area contributed by atoms with Gasteiger partial charge in [0.05, 0.1) is 4.47 Å². The Labute approximate surface area is 104 Å². The van der Waals surface area contributed by atoms with E-state index in [2.05, 4.69) is 27.3 Å². The highest BCUT2D eigenvalue weighted by Gasteiger charge is 2.08. The van der Waals surface area contributed by atoms with Crippen LogP contribution in [0.5, 0.6) is 0 Å². The van der Waals surface area contributed by atoms with Crippen LogP contribution in [0.3, 0.4) is 0 Å². The maximum Gasteiger partial charge on any atom is 0.137 e. The van der Waals surface area contributed by atoms with Crippen molar-refractivity contribution in [3.8, 4) is 0 Å². The molecule has 0 radical (unpaired) electrons. The molecule has 1 fully saturated rings. The van der Waals surface area contributed by atoms with Gasteiger partial charge in [-0.25, -0.2) is 4.39 Å². The average Bonchev–Trinajstić information content (AvgIpc) is 2.32. The summed E-state index contributed by atoms with van der Waals surface area (Å²) in [6, 6.07) is 5.55. The molecule has 0 saturated carbocycles. The molecule has 0 bridgehead atoms. The van der Waals surface area contributed by atoms with E-state index in [1.54, 1.807) is 12.1 Å². The first kappa shape index (κ1) is 11.8. The highest BCUT2D eigenvalue weighted by atomic mass is 79.9. The molecule has 1 aromatic rings. The molecule has 1 aromatic carbocycles. The zero-order chi connectivity index (χ0) is 11.4. The van der Waals surface area contributed by atoms with Gasteiger partial charge < -0.3 is 5.32 Å². The van der Waals surface area contributed by atoms with Crippen molar-refractivity contribution in [1.29, 1.82) is 0 Å². The highest BCUT2D eigenvalue weighted by Crippen LogP contribution is 2.18. The Kier molecular flexibility index (Phi) is 4.13. The minimum absolute atomic E-state index is 0.215. The van der Waals surface area contributed by atoms with Gasteiger partial charge in [0.1, 0.15) is 5.82 Å². The van der Waals surface area contributed by atoms with Crippen molar-refractivity contribution in [1.82, 2.24) is 5.32 Å². The summed E-state index contributed by atoms with van der Waals surface area (Å²) in [5.41, 5.74) is 1.03. The van der Waals surface area contributed by atoms with Gasteiger partial charge in [0.15, 0.2) is 0 Å². The number of rotatable bonds is 2. The Morgan fingerprint density at radius 2 is 2.25 bits per heavy atom. The molecule has 1 aliphatic heterocycles. The molecule has 1 atom stereocenters. The summed E-state index contributed by atoms with van der Waals surface area (Å²) in [5.74, 6) is -0.215. The summed E-state index contributed by atoms with van der Waals surface area (Å²) in [7, 11) is 0. The molecule has 3 heteroatoms. The smallest absolute Gasteiger partial charge is 0.137 e. The molecule has 2 rings (SSSR count). The Morgan fingerprint density at radius 3 is 2.94 bits per heavy atom. The van der Waals surface area contributed by atoms with Crippen LogP contribution < -0.4 is 5.32 Å². The fourth-order valence-corrected chi connectivity index (χ4v) is 2.28. The lowest BCUT2D eigenvalue weighted by molar-refractivity contribution is 0.455. The van der Waals surface area contributed by atoms with Crippen LogP contribution >= 0.6 is 15.9 Å². The number of hydrogen-bond acceptors (Lipinski definition) is 1. The molecule has 1 N–H and O–H groups in total. The van der Waals surface area contributed by atoms with Crippen molar-refractivity contribution in [2.45, 2.75) is 25.3 Å². The topological polar surface area (TPSA) is 12.0 Å². The standard InChI is InChI=1S/C13H15BrFN/c14-12-9-10(5-7-13(12)15)4-6-11-3-1-2-8-16-11/h4-7,9,11,16H,1-3,8H2/b6-4+. The molecular formula is C13H15BrFN. The predicted octanol–water partition coefficient (Wildman–Crippen LogP) is 3.74. The Morgan fingerprint density at radius 1 is 1.38 bits per heavy atom. The summed E-state index contributed by atoms with van der Waals surface area (Å²) in [5, 5.41) is 3.44. The number of benzene rings is 1. The van der Waals surface area contributed by atoms with Gasteiger partial charge in [-0.2, -0.15) is 0 Å². The van der Waals surface area contributed by atoms with Crippen molar-refractivity contribution in [2.24, 2.45) is 0 Å². The first-order chi connectivity index (χ1) is 7.75. The summed E-state index contributed by atoms with van der Waals surface area (Å²) in [4.78, 5) is 0. The minimum Gasteiger partial charge on any atom is -0.311 e. The van der Waals surface area contributed by atoms with Crippen LogP contribution in [-0.2, 0) is 0 Å². The van der Waals surface area contributed by atoms with E-state index < -0.39 is 0 Å². The molecule has 1 heterocycles. The Hall–Kier alpha value is -0.670. The van der Waals surface area contributed by atoms with Crippen molar-refractivity contribution >= 4 is 22.0 Å². The molecule has 1 unspecified atom stereocenters. The molecule has 0 spiro atoms. The average molecular weight is 284 g/mol. The second-order valence-corrected chi connectivity index (χ2v) is 4.94. The van der Waals surface area contributed by atoms with Crippen LogP contribution in [-0.4, -0.2) is 12.6 Å². The molecule has 0 aliphatic carbocycles. The molecule has 0 amide bonds. The van der Waals surface area contributed by atoms with Crippen molar-refractivity contribution < 1.29 is 4.39 Å². The minimum atomic E-state index is -0.215.